The second-order valence-electron chi connectivity index (χ2n) is 7.12. The maximum Gasteiger partial charge on any atom is 0.266 e. The van der Waals surface area contributed by atoms with Gasteiger partial charge in [-0.05, 0) is 44.0 Å². The highest BCUT2D eigenvalue weighted by atomic mass is 32.2. The fourth-order valence-corrected chi connectivity index (χ4v) is 5.17. The second kappa shape index (κ2) is 8.44. The third kappa shape index (κ3) is 4.12. The largest absolute Gasteiger partial charge is 0.397 e. The number of hydrazine groups is 1. The Balaban J connectivity index is 1.42. The van der Waals surface area contributed by atoms with Crippen LogP contribution in [0.15, 0.2) is 29.2 Å². The number of carbonyl (C=O) groups excluding carboxylic acids is 1. The van der Waals surface area contributed by atoms with Gasteiger partial charge in [-0.3, -0.25) is 10.0 Å². The highest BCUT2D eigenvalue weighted by molar-refractivity contribution is 7.96. The molecule has 2 aromatic heterocycles. The standard InChI is InChI=1S/C19H21FN6O2S2/c1-10-11(2)22-23-18-15(10)16(21)17(29-18)19(27)25-7-6-13(9-25)24-26(28)30-14-5-3-4-12(20)8-14/h3-5,8,13,24,28H,6-7,9,21H2,1-2H3. The van der Waals surface area contributed by atoms with Crippen molar-refractivity contribution >= 4 is 45.1 Å². The van der Waals surface area contributed by atoms with Crippen LogP contribution in [0.25, 0.3) is 10.2 Å². The van der Waals surface area contributed by atoms with Crippen LogP contribution >= 0.6 is 23.3 Å². The van der Waals surface area contributed by atoms with Crippen molar-refractivity contribution in [3.05, 3.63) is 46.2 Å². The molecule has 1 unspecified atom stereocenters. The maximum absolute atomic E-state index is 13.3. The van der Waals surface area contributed by atoms with E-state index >= 15 is 0 Å². The number of nitrogens with one attached hydrogen (secondary N) is 1. The molecule has 0 aliphatic carbocycles. The number of likely N-dealkylation sites (tertiary alicyclic amines) is 1. The first-order valence-electron chi connectivity index (χ1n) is 9.33. The van der Waals surface area contributed by atoms with Crippen LogP contribution in [0, 0.1) is 19.7 Å². The van der Waals surface area contributed by atoms with Gasteiger partial charge in [0.2, 0.25) is 0 Å². The van der Waals surface area contributed by atoms with E-state index in [-0.39, 0.29) is 17.8 Å². The molecule has 30 heavy (non-hydrogen) atoms. The van der Waals surface area contributed by atoms with E-state index in [0.29, 0.717) is 39.8 Å². The Morgan fingerprint density at radius 1 is 1.43 bits per heavy atom. The van der Waals surface area contributed by atoms with E-state index in [2.05, 4.69) is 15.6 Å². The van der Waals surface area contributed by atoms with E-state index in [1.165, 1.54) is 23.5 Å². The Morgan fingerprint density at radius 2 is 2.23 bits per heavy atom. The molecule has 3 aromatic rings. The van der Waals surface area contributed by atoms with Crippen LogP contribution in [0.2, 0.25) is 0 Å². The van der Waals surface area contributed by atoms with Crippen molar-refractivity contribution in [2.24, 2.45) is 0 Å². The fourth-order valence-electron chi connectivity index (χ4n) is 3.40. The first kappa shape index (κ1) is 20.9. The normalized spacial score (nSPS) is 16.7. The van der Waals surface area contributed by atoms with Crippen LogP contribution in [0.5, 0.6) is 0 Å². The number of hydrogen-bond donors (Lipinski definition) is 3. The zero-order valence-electron chi connectivity index (χ0n) is 16.4. The van der Waals surface area contributed by atoms with Crippen molar-refractivity contribution in [3.63, 3.8) is 0 Å². The van der Waals surface area contributed by atoms with Crippen molar-refractivity contribution in [1.82, 2.24) is 25.1 Å². The molecule has 4 N–H and O–H groups in total. The Hall–Kier alpha value is -2.31. The Kier molecular flexibility index (Phi) is 5.89. The van der Waals surface area contributed by atoms with E-state index in [9.17, 15) is 14.4 Å². The van der Waals surface area contributed by atoms with E-state index in [1.54, 1.807) is 17.0 Å². The molecule has 1 atom stereocenters. The first-order chi connectivity index (χ1) is 14.3. The number of carbonyl (C=O) groups is 1. The summed E-state index contributed by atoms with van der Waals surface area (Å²) in [6.07, 6.45) is 0.662. The number of amides is 1. The lowest BCUT2D eigenvalue weighted by atomic mass is 10.1. The zero-order chi connectivity index (χ0) is 21.4. The minimum Gasteiger partial charge on any atom is -0.397 e. The molecule has 0 bridgehead atoms. The van der Waals surface area contributed by atoms with Crippen LogP contribution in [-0.4, -0.2) is 49.9 Å². The summed E-state index contributed by atoms with van der Waals surface area (Å²) in [5.74, 6) is -0.527. The SMILES string of the molecule is Cc1nnc2sc(C(=O)N3CCC(NN(O)Sc4cccc(F)c4)C3)c(N)c2c1C. The van der Waals surface area contributed by atoms with Gasteiger partial charge in [-0.25, -0.2) is 9.82 Å². The lowest BCUT2D eigenvalue weighted by Gasteiger charge is -2.20. The molecule has 0 spiro atoms. The van der Waals surface area contributed by atoms with Crippen molar-refractivity contribution in [1.29, 1.82) is 0 Å². The number of benzene rings is 1. The predicted octanol–water partition coefficient (Wildman–Crippen LogP) is 3.15. The van der Waals surface area contributed by atoms with Gasteiger partial charge in [0.05, 0.1) is 11.4 Å². The lowest BCUT2D eigenvalue weighted by molar-refractivity contribution is -0.0429. The second-order valence-corrected chi connectivity index (χ2v) is 9.12. The van der Waals surface area contributed by atoms with Gasteiger partial charge in [-0.1, -0.05) is 10.6 Å². The summed E-state index contributed by atoms with van der Waals surface area (Å²) in [7, 11) is 0. The van der Waals surface area contributed by atoms with Gasteiger partial charge >= 0.3 is 0 Å². The number of aryl methyl sites for hydroxylation is 2. The Labute approximate surface area is 180 Å². The molecule has 8 nitrogen and oxygen atoms in total. The molecular formula is C19H21FN6O2S2. The summed E-state index contributed by atoms with van der Waals surface area (Å²) in [5.41, 5.74) is 11.4. The topological polar surface area (TPSA) is 108 Å². The maximum atomic E-state index is 13.3. The number of thiophene rings is 1. The van der Waals surface area contributed by atoms with Crippen molar-refractivity contribution < 1.29 is 14.4 Å². The number of aromatic nitrogens is 2. The third-order valence-corrected chi connectivity index (χ3v) is 6.91. The lowest BCUT2D eigenvalue weighted by Crippen LogP contribution is -2.41. The minimum atomic E-state index is -0.373. The fraction of sp³-hybridized carbons (Fsp3) is 0.316. The molecule has 1 fully saturated rings. The van der Waals surface area contributed by atoms with Gasteiger partial charge < -0.3 is 10.6 Å². The number of nitrogens with two attached hydrogens (primary N) is 1. The highest BCUT2D eigenvalue weighted by Crippen LogP contribution is 2.36. The summed E-state index contributed by atoms with van der Waals surface area (Å²) < 4.78 is 14.1. The number of anilines is 1. The Bertz CT molecular complexity index is 1110. The quantitative estimate of drug-likeness (QED) is 0.404. The molecule has 4 rings (SSSR count). The van der Waals surface area contributed by atoms with Crippen LogP contribution in [0.4, 0.5) is 10.1 Å². The summed E-state index contributed by atoms with van der Waals surface area (Å²) in [5, 5.41) is 19.2. The molecule has 1 aliphatic heterocycles. The van der Waals surface area contributed by atoms with E-state index in [1.807, 2.05) is 13.8 Å². The van der Waals surface area contributed by atoms with Crippen LogP contribution < -0.4 is 11.2 Å². The molecule has 1 amide bonds. The Morgan fingerprint density at radius 3 is 3.00 bits per heavy atom. The van der Waals surface area contributed by atoms with Crippen LogP contribution in [0.3, 0.4) is 0 Å². The first-order valence-corrected chi connectivity index (χ1v) is 10.9. The molecule has 1 saturated heterocycles. The monoisotopic (exact) mass is 448 g/mol. The summed E-state index contributed by atoms with van der Waals surface area (Å²) in [4.78, 5) is 16.4. The van der Waals surface area contributed by atoms with Gasteiger partial charge in [0, 0.05) is 41.4 Å². The summed E-state index contributed by atoms with van der Waals surface area (Å²) >= 11 is 2.21. The van der Waals surface area contributed by atoms with Crippen molar-refractivity contribution in [2.45, 2.75) is 31.2 Å². The number of hydrogen-bond acceptors (Lipinski definition) is 9. The highest BCUT2D eigenvalue weighted by Gasteiger charge is 2.31. The average molecular weight is 449 g/mol. The number of halogens is 1. The molecule has 11 heteroatoms. The van der Waals surface area contributed by atoms with Gasteiger partial charge in [0.25, 0.3) is 5.91 Å². The van der Waals surface area contributed by atoms with Crippen molar-refractivity contribution in [3.8, 4) is 0 Å². The summed E-state index contributed by atoms with van der Waals surface area (Å²) in [6.45, 7) is 4.73. The summed E-state index contributed by atoms with van der Waals surface area (Å²) in [6, 6.07) is 5.80. The van der Waals surface area contributed by atoms with Gasteiger partial charge in [0.15, 0.2) is 0 Å². The molecular weight excluding hydrogens is 427 g/mol. The smallest absolute Gasteiger partial charge is 0.266 e. The molecule has 1 aliphatic rings. The average Bonchev–Trinajstić information content (AvgIpc) is 3.29. The van der Waals surface area contributed by atoms with Gasteiger partial charge in [-0.15, -0.1) is 16.4 Å². The van der Waals surface area contributed by atoms with Crippen LogP contribution in [-0.2, 0) is 0 Å². The van der Waals surface area contributed by atoms with E-state index in [0.717, 1.165) is 33.2 Å². The molecule has 158 valence electrons. The molecule has 1 aromatic carbocycles. The number of fused-ring (bicyclic) bond motifs is 1. The van der Waals surface area contributed by atoms with E-state index in [4.69, 9.17) is 5.73 Å². The predicted molar refractivity (Wildman–Crippen MR) is 115 cm³/mol. The number of nitrogens with zero attached hydrogens (tertiary/aromatic N) is 4. The molecule has 3 heterocycles. The molecule has 0 saturated carbocycles. The number of nitrogen functional groups attached to an aromatic ring is 1. The van der Waals surface area contributed by atoms with Crippen molar-refractivity contribution in [2.75, 3.05) is 18.8 Å². The van der Waals surface area contributed by atoms with E-state index < -0.39 is 0 Å². The third-order valence-electron chi connectivity index (χ3n) is 5.09. The van der Waals surface area contributed by atoms with Gasteiger partial charge in [0.1, 0.15) is 15.5 Å². The van der Waals surface area contributed by atoms with Crippen LogP contribution in [0.1, 0.15) is 27.3 Å². The van der Waals surface area contributed by atoms with Gasteiger partial charge in [-0.2, -0.15) is 5.10 Å². The minimum absolute atomic E-state index is 0.139. The zero-order valence-corrected chi connectivity index (χ0v) is 18.1. The molecule has 0 radical (unpaired) electrons. The number of rotatable bonds is 5.